The van der Waals surface area contributed by atoms with Crippen molar-refractivity contribution >= 4 is 0 Å². The number of aliphatic hydroxyl groups is 1. The number of fused-ring (bicyclic) bond motifs is 2. The number of aliphatic hydroxyl groups excluding tert-OH is 1. The minimum Gasteiger partial charge on any atom is -0.393 e. The van der Waals surface area contributed by atoms with Crippen LogP contribution in [0.15, 0.2) is 0 Å². The van der Waals surface area contributed by atoms with Crippen molar-refractivity contribution in [3.05, 3.63) is 0 Å². The number of rotatable bonds is 4. The molecule has 2 saturated carbocycles. The Morgan fingerprint density at radius 1 is 1.40 bits per heavy atom. The normalized spacial score (nSPS) is 40.4. The lowest BCUT2D eigenvalue weighted by molar-refractivity contribution is 0.0315. The fourth-order valence-electron chi connectivity index (χ4n) is 3.65. The van der Waals surface area contributed by atoms with Gasteiger partial charge in [-0.2, -0.15) is 0 Å². The summed E-state index contributed by atoms with van der Waals surface area (Å²) in [6, 6.07) is 0. The molecule has 0 saturated heterocycles. The molecule has 0 amide bonds. The van der Waals surface area contributed by atoms with E-state index in [1.807, 2.05) is 6.92 Å². The number of hydrogen-bond acceptors (Lipinski definition) is 2. The first kappa shape index (κ1) is 11.4. The molecular weight excluding hydrogens is 186 g/mol. The van der Waals surface area contributed by atoms with Crippen LogP contribution in [0.25, 0.3) is 0 Å². The van der Waals surface area contributed by atoms with E-state index in [9.17, 15) is 5.11 Å². The average Bonchev–Trinajstić information content (AvgIpc) is 2.78. The Hall–Kier alpha value is -0.0800. The monoisotopic (exact) mass is 211 g/mol. The fraction of sp³-hybridized carbons (Fsp3) is 1.00. The molecule has 2 aliphatic rings. The van der Waals surface area contributed by atoms with Crippen LogP contribution in [-0.4, -0.2) is 17.8 Å². The van der Waals surface area contributed by atoms with Crippen LogP contribution in [0, 0.1) is 23.2 Å². The maximum absolute atomic E-state index is 9.82. The van der Waals surface area contributed by atoms with Crippen molar-refractivity contribution in [1.82, 2.24) is 0 Å². The van der Waals surface area contributed by atoms with Gasteiger partial charge in [0.05, 0.1) is 6.10 Å². The molecule has 0 heterocycles. The molecule has 2 rings (SSSR count). The Labute approximate surface area is 93.2 Å². The topological polar surface area (TPSA) is 46.2 Å². The minimum absolute atomic E-state index is 0.0604. The van der Waals surface area contributed by atoms with E-state index in [0.717, 1.165) is 24.2 Å². The third-order valence-corrected chi connectivity index (χ3v) is 5.09. The summed E-state index contributed by atoms with van der Waals surface area (Å²) in [5.41, 5.74) is 5.76. The molecule has 3 N–H and O–H groups in total. The van der Waals surface area contributed by atoms with Gasteiger partial charge in [0.2, 0.25) is 0 Å². The van der Waals surface area contributed by atoms with Crippen LogP contribution >= 0.6 is 0 Å². The second kappa shape index (κ2) is 4.06. The highest BCUT2D eigenvalue weighted by Crippen LogP contribution is 2.52. The molecule has 5 unspecified atom stereocenters. The van der Waals surface area contributed by atoms with Crippen molar-refractivity contribution in [3.63, 3.8) is 0 Å². The van der Waals surface area contributed by atoms with Gasteiger partial charge in [-0.3, -0.25) is 0 Å². The molecule has 88 valence electrons. The molecule has 0 aromatic heterocycles. The predicted molar refractivity (Wildman–Crippen MR) is 62.4 cm³/mol. The molecule has 2 bridgehead atoms. The van der Waals surface area contributed by atoms with E-state index in [1.54, 1.807) is 0 Å². The van der Waals surface area contributed by atoms with Crippen LogP contribution in [0.3, 0.4) is 0 Å². The SMILES string of the molecule is CC(O)C(C)(CN)CC1CC2CCC1C2. The van der Waals surface area contributed by atoms with Crippen LogP contribution < -0.4 is 5.73 Å². The van der Waals surface area contributed by atoms with Crippen LogP contribution in [0.5, 0.6) is 0 Å². The van der Waals surface area contributed by atoms with Gasteiger partial charge in [-0.15, -0.1) is 0 Å². The molecule has 0 aromatic carbocycles. The van der Waals surface area contributed by atoms with Crippen molar-refractivity contribution in [2.45, 2.75) is 52.1 Å². The van der Waals surface area contributed by atoms with Crippen LogP contribution in [-0.2, 0) is 0 Å². The van der Waals surface area contributed by atoms with Crippen LogP contribution in [0.2, 0.25) is 0 Å². The average molecular weight is 211 g/mol. The van der Waals surface area contributed by atoms with E-state index in [0.29, 0.717) is 6.54 Å². The summed E-state index contributed by atoms with van der Waals surface area (Å²) in [5.74, 6) is 2.78. The molecular formula is C13H25NO. The molecule has 0 aromatic rings. The fourth-order valence-corrected chi connectivity index (χ4v) is 3.65. The van der Waals surface area contributed by atoms with Gasteiger partial charge in [0.15, 0.2) is 0 Å². The van der Waals surface area contributed by atoms with Gasteiger partial charge in [0.25, 0.3) is 0 Å². The van der Waals surface area contributed by atoms with E-state index in [1.165, 1.54) is 25.7 Å². The Morgan fingerprint density at radius 2 is 2.13 bits per heavy atom. The third-order valence-electron chi connectivity index (χ3n) is 5.09. The first-order chi connectivity index (χ1) is 7.05. The maximum atomic E-state index is 9.82. The Morgan fingerprint density at radius 3 is 2.53 bits per heavy atom. The standard InChI is InChI=1S/C13H25NO/c1-9(15)13(2,8-14)7-12-6-10-3-4-11(12)5-10/h9-12,15H,3-8,14H2,1-2H3. The van der Waals surface area contributed by atoms with Crippen molar-refractivity contribution in [1.29, 1.82) is 0 Å². The summed E-state index contributed by atoms with van der Waals surface area (Å²) in [6.45, 7) is 4.64. The van der Waals surface area contributed by atoms with Crippen LogP contribution in [0.4, 0.5) is 0 Å². The summed E-state index contributed by atoms with van der Waals surface area (Å²) in [6.07, 6.45) is 6.58. The van der Waals surface area contributed by atoms with Gasteiger partial charge in [-0.1, -0.05) is 13.3 Å². The lowest BCUT2D eigenvalue weighted by Gasteiger charge is -2.36. The van der Waals surface area contributed by atoms with E-state index in [4.69, 9.17) is 5.73 Å². The van der Waals surface area contributed by atoms with Crippen molar-refractivity contribution < 1.29 is 5.11 Å². The molecule has 0 radical (unpaired) electrons. The van der Waals surface area contributed by atoms with E-state index in [-0.39, 0.29) is 11.5 Å². The Bertz CT molecular complexity index is 229. The molecule has 0 aliphatic heterocycles. The molecule has 2 nitrogen and oxygen atoms in total. The zero-order valence-corrected chi connectivity index (χ0v) is 10.1. The van der Waals surface area contributed by atoms with E-state index < -0.39 is 0 Å². The van der Waals surface area contributed by atoms with Gasteiger partial charge in [-0.25, -0.2) is 0 Å². The molecule has 2 fully saturated rings. The minimum atomic E-state index is -0.276. The van der Waals surface area contributed by atoms with Gasteiger partial charge >= 0.3 is 0 Å². The zero-order chi connectivity index (χ0) is 11.1. The van der Waals surface area contributed by atoms with E-state index >= 15 is 0 Å². The zero-order valence-electron chi connectivity index (χ0n) is 10.1. The summed E-state index contributed by atoms with van der Waals surface area (Å²) in [5, 5.41) is 9.82. The highest BCUT2D eigenvalue weighted by atomic mass is 16.3. The van der Waals surface area contributed by atoms with E-state index in [2.05, 4.69) is 6.92 Å². The maximum Gasteiger partial charge on any atom is 0.0577 e. The molecule has 0 spiro atoms. The van der Waals surface area contributed by atoms with Gasteiger partial charge in [0.1, 0.15) is 0 Å². The predicted octanol–water partition coefficient (Wildman–Crippen LogP) is 2.16. The summed E-state index contributed by atoms with van der Waals surface area (Å²) in [4.78, 5) is 0. The quantitative estimate of drug-likeness (QED) is 0.748. The molecule has 15 heavy (non-hydrogen) atoms. The Balaban J connectivity index is 1.96. The molecule has 2 heteroatoms. The summed E-state index contributed by atoms with van der Waals surface area (Å²) < 4.78 is 0. The highest BCUT2D eigenvalue weighted by Gasteiger charge is 2.43. The highest BCUT2D eigenvalue weighted by molar-refractivity contribution is 4.94. The van der Waals surface area contributed by atoms with Crippen molar-refractivity contribution in [2.75, 3.05) is 6.54 Å². The lowest BCUT2D eigenvalue weighted by atomic mass is 9.72. The first-order valence-electron chi connectivity index (χ1n) is 6.43. The van der Waals surface area contributed by atoms with Crippen molar-refractivity contribution in [2.24, 2.45) is 28.9 Å². The van der Waals surface area contributed by atoms with Gasteiger partial charge < -0.3 is 10.8 Å². The smallest absolute Gasteiger partial charge is 0.0577 e. The molecule has 2 aliphatic carbocycles. The van der Waals surface area contributed by atoms with Crippen molar-refractivity contribution in [3.8, 4) is 0 Å². The first-order valence-corrected chi connectivity index (χ1v) is 6.43. The van der Waals surface area contributed by atoms with Gasteiger partial charge in [-0.05, 0) is 50.4 Å². The third kappa shape index (κ3) is 2.07. The second-order valence-corrected chi connectivity index (χ2v) is 6.17. The molecule has 5 atom stereocenters. The largest absolute Gasteiger partial charge is 0.393 e. The second-order valence-electron chi connectivity index (χ2n) is 6.17. The van der Waals surface area contributed by atoms with Crippen LogP contribution in [0.1, 0.15) is 46.0 Å². The Kier molecular flexibility index (Phi) is 3.09. The number of nitrogens with two attached hydrogens (primary N) is 1. The number of hydrogen-bond donors (Lipinski definition) is 2. The summed E-state index contributed by atoms with van der Waals surface area (Å²) in [7, 11) is 0. The lowest BCUT2D eigenvalue weighted by Crippen LogP contribution is -2.40. The summed E-state index contributed by atoms with van der Waals surface area (Å²) >= 11 is 0. The van der Waals surface area contributed by atoms with Gasteiger partial charge in [0, 0.05) is 12.0 Å².